The molecule has 1 aliphatic heterocycles. The highest BCUT2D eigenvalue weighted by molar-refractivity contribution is 5.82. The van der Waals surface area contributed by atoms with Gasteiger partial charge in [0.1, 0.15) is 0 Å². The van der Waals surface area contributed by atoms with Crippen LogP contribution in [0.1, 0.15) is 48.9 Å². The Labute approximate surface area is 139 Å². The summed E-state index contributed by atoms with van der Waals surface area (Å²) >= 11 is 0. The minimum absolute atomic E-state index is 0.0993. The lowest BCUT2D eigenvalue weighted by atomic mass is 9.84. The van der Waals surface area contributed by atoms with E-state index in [4.69, 9.17) is 0 Å². The Morgan fingerprint density at radius 2 is 1.65 bits per heavy atom. The number of rotatable bonds is 4. The first kappa shape index (κ1) is 15.8. The summed E-state index contributed by atoms with van der Waals surface area (Å²) in [6.45, 7) is 7.32. The summed E-state index contributed by atoms with van der Waals surface area (Å²) in [4.78, 5) is 15.0. The maximum Gasteiger partial charge on any atom is 0.226 e. The van der Waals surface area contributed by atoms with Crippen LogP contribution < -0.4 is 0 Å². The van der Waals surface area contributed by atoms with Gasteiger partial charge in [-0.05, 0) is 42.9 Å². The SMILES string of the molecule is Cc1ccccc1C(C)[C@@H]1CCN([C@@H](C)c2ccccc2)C1=O. The van der Waals surface area contributed by atoms with Crippen molar-refractivity contribution >= 4 is 5.91 Å². The molecule has 0 saturated carbocycles. The largest absolute Gasteiger partial charge is 0.336 e. The maximum absolute atomic E-state index is 13.0. The molecule has 0 aliphatic carbocycles. The first-order chi connectivity index (χ1) is 11.1. The number of carbonyl (C=O) groups is 1. The molecule has 1 saturated heterocycles. The molecular weight excluding hydrogens is 282 g/mol. The van der Waals surface area contributed by atoms with Crippen LogP contribution in [0.4, 0.5) is 0 Å². The van der Waals surface area contributed by atoms with Gasteiger partial charge in [0.25, 0.3) is 0 Å². The molecule has 1 unspecified atom stereocenters. The Morgan fingerprint density at radius 3 is 2.35 bits per heavy atom. The van der Waals surface area contributed by atoms with Gasteiger partial charge in [0.2, 0.25) is 5.91 Å². The monoisotopic (exact) mass is 307 g/mol. The number of likely N-dealkylation sites (tertiary alicyclic amines) is 1. The molecule has 3 rings (SSSR count). The number of benzene rings is 2. The van der Waals surface area contributed by atoms with Crippen LogP contribution in [0.5, 0.6) is 0 Å². The van der Waals surface area contributed by atoms with Gasteiger partial charge < -0.3 is 4.90 Å². The molecule has 1 fully saturated rings. The van der Waals surface area contributed by atoms with Crippen LogP contribution in [-0.2, 0) is 4.79 Å². The molecule has 0 N–H and O–H groups in total. The van der Waals surface area contributed by atoms with E-state index in [1.54, 1.807) is 0 Å². The fourth-order valence-electron chi connectivity index (χ4n) is 3.80. The summed E-state index contributed by atoms with van der Waals surface area (Å²) in [6.07, 6.45) is 0.950. The van der Waals surface area contributed by atoms with E-state index in [0.717, 1.165) is 13.0 Å². The number of amides is 1. The second kappa shape index (κ2) is 6.57. The Morgan fingerprint density at radius 1 is 1.00 bits per heavy atom. The van der Waals surface area contributed by atoms with Crippen molar-refractivity contribution in [2.24, 2.45) is 5.92 Å². The van der Waals surface area contributed by atoms with Crippen molar-refractivity contribution in [3.63, 3.8) is 0 Å². The topological polar surface area (TPSA) is 20.3 Å². The standard InChI is InChI=1S/C21H25NO/c1-15-9-7-8-12-19(15)16(2)20-13-14-22(21(20)23)17(3)18-10-5-4-6-11-18/h4-12,16-17,20H,13-14H2,1-3H3/t16?,17-,20-/m0/s1. The molecule has 2 aromatic rings. The van der Waals surface area contributed by atoms with E-state index >= 15 is 0 Å². The van der Waals surface area contributed by atoms with Gasteiger partial charge in [-0.25, -0.2) is 0 Å². The first-order valence-electron chi connectivity index (χ1n) is 8.50. The van der Waals surface area contributed by atoms with Gasteiger partial charge in [-0.15, -0.1) is 0 Å². The van der Waals surface area contributed by atoms with E-state index in [1.165, 1.54) is 16.7 Å². The lowest BCUT2D eigenvalue weighted by Gasteiger charge is -2.26. The van der Waals surface area contributed by atoms with Crippen molar-refractivity contribution in [3.8, 4) is 0 Å². The summed E-state index contributed by atoms with van der Waals surface area (Å²) in [5.74, 6) is 0.677. The first-order valence-corrected chi connectivity index (χ1v) is 8.50. The Bertz CT molecular complexity index is 679. The lowest BCUT2D eigenvalue weighted by molar-refractivity contribution is -0.133. The molecule has 23 heavy (non-hydrogen) atoms. The van der Waals surface area contributed by atoms with E-state index in [1.807, 2.05) is 18.2 Å². The summed E-state index contributed by atoms with van der Waals surface area (Å²) in [6, 6.07) is 18.9. The van der Waals surface area contributed by atoms with Crippen molar-refractivity contribution in [2.75, 3.05) is 6.54 Å². The molecule has 0 radical (unpaired) electrons. The molecule has 2 aromatic carbocycles. The predicted octanol–water partition coefficient (Wildman–Crippen LogP) is 4.71. The Balaban J connectivity index is 1.78. The molecular formula is C21H25NO. The summed E-state index contributed by atoms with van der Waals surface area (Å²) in [5.41, 5.74) is 3.80. The van der Waals surface area contributed by atoms with Crippen LogP contribution >= 0.6 is 0 Å². The van der Waals surface area contributed by atoms with Crippen LogP contribution in [-0.4, -0.2) is 17.4 Å². The third-order valence-electron chi connectivity index (χ3n) is 5.31. The van der Waals surface area contributed by atoms with E-state index < -0.39 is 0 Å². The normalized spacial score (nSPS) is 20.6. The molecule has 1 heterocycles. The average Bonchev–Trinajstić information content (AvgIpc) is 2.96. The zero-order valence-electron chi connectivity index (χ0n) is 14.2. The summed E-state index contributed by atoms with van der Waals surface area (Å²) < 4.78 is 0. The zero-order valence-corrected chi connectivity index (χ0v) is 14.2. The highest BCUT2D eigenvalue weighted by atomic mass is 16.2. The second-order valence-electron chi connectivity index (χ2n) is 6.66. The summed E-state index contributed by atoms with van der Waals surface area (Å²) in [7, 11) is 0. The third-order valence-corrected chi connectivity index (χ3v) is 5.31. The van der Waals surface area contributed by atoms with Gasteiger partial charge in [0.15, 0.2) is 0 Å². The van der Waals surface area contributed by atoms with Crippen molar-refractivity contribution in [2.45, 2.75) is 39.2 Å². The minimum atomic E-state index is 0.0993. The van der Waals surface area contributed by atoms with Crippen molar-refractivity contribution in [1.82, 2.24) is 4.90 Å². The minimum Gasteiger partial charge on any atom is -0.336 e. The fourth-order valence-corrected chi connectivity index (χ4v) is 3.80. The van der Waals surface area contributed by atoms with E-state index in [2.05, 4.69) is 62.1 Å². The van der Waals surface area contributed by atoms with Crippen LogP contribution in [0.3, 0.4) is 0 Å². The fraction of sp³-hybridized carbons (Fsp3) is 0.381. The highest BCUT2D eigenvalue weighted by Crippen LogP contribution is 2.37. The van der Waals surface area contributed by atoms with Crippen LogP contribution in [0, 0.1) is 12.8 Å². The lowest BCUT2D eigenvalue weighted by Crippen LogP contribution is -2.31. The maximum atomic E-state index is 13.0. The van der Waals surface area contributed by atoms with Gasteiger partial charge in [-0.1, -0.05) is 61.5 Å². The average molecular weight is 307 g/mol. The zero-order chi connectivity index (χ0) is 16.4. The second-order valence-corrected chi connectivity index (χ2v) is 6.66. The number of carbonyl (C=O) groups excluding carboxylic acids is 1. The quantitative estimate of drug-likeness (QED) is 0.801. The molecule has 0 spiro atoms. The molecule has 3 atom stereocenters. The molecule has 2 nitrogen and oxygen atoms in total. The van der Waals surface area contributed by atoms with Crippen LogP contribution in [0.25, 0.3) is 0 Å². The predicted molar refractivity (Wildman–Crippen MR) is 94.3 cm³/mol. The molecule has 2 heteroatoms. The Hall–Kier alpha value is -2.09. The molecule has 0 aromatic heterocycles. The van der Waals surface area contributed by atoms with Crippen molar-refractivity contribution in [1.29, 1.82) is 0 Å². The Kier molecular flexibility index (Phi) is 4.51. The number of aryl methyl sites for hydroxylation is 1. The van der Waals surface area contributed by atoms with E-state index in [0.29, 0.717) is 5.91 Å². The van der Waals surface area contributed by atoms with Gasteiger partial charge in [-0.3, -0.25) is 4.79 Å². The number of hydrogen-bond acceptors (Lipinski definition) is 1. The smallest absolute Gasteiger partial charge is 0.226 e. The highest BCUT2D eigenvalue weighted by Gasteiger charge is 2.38. The van der Waals surface area contributed by atoms with Crippen LogP contribution in [0.15, 0.2) is 54.6 Å². The molecule has 120 valence electrons. The number of nitrogens with zero attached hydrogens (tertiary/aromatic N) is 1. The van der Waals surface area contributed by atoms with Crippen molar-refractivity contribution in [3.05, 3.63) is 71.3 Å². The van der Waals surface area contributed by atoms with Gasteiger partial charge in [-0.2, -0.15) is 0 Å². The van der Waals surface area contributed by atoms with Gasteiger partial charge in [0, 0.05) is 12.5 Å². The molecule has 0 bridgehead atoms. The van der Waals surface area contributed by atoms with E-state index in [9.17, 15) is 4.79 Å². The van der Waals surface area contributed by atoms with E-state index in [-0.39, 0.29) is 17.9 Å². The van der Waals surface area contributed by atoms with Crippen molar-refractivity contribution < 1.29 is 4.79 Å². The molecule has 1 aliphatic rings. The molecule has 1 amide bonds. The summed E-state index contributed by atoms with van der Waals surface area (Å²) in [5, 5.41) is 0. The third kappa shape index (κ3) is 3.03. The van der Waals surface area contributed by atoms with Gasteiger partial charge in [0.05, 0.1) is 6.04 Å². The van der Waals surface area contributed by atoms with Gasteiger partial charge >= 0.3 is 0 Å². The number of hydrogen-bond donors (Lipinski definition) is 0. The van der Waals surface area contributed by atoms with Crippen LogP contribution in [0.2, 0.25) is 0 Å².